The van der Waals surface area contributed by atoms with Crippen LogP contribution in [0.2, 0.25) is 0 Å². The van der Waals surface area contributed by atoms with Gasteiger partial charge in [-0.15, -0.1) is 11.3 Å². The largest absolute Gasteiger partial charge is 0.332 e. The van der Waals surface area contributed by atoms with Gasteiger partial charge in [-0.25, -0.2) is 4.98 Å². The number of nitrogens with zero attached hydrogens (tertiary/aromatic N) is 2. The minimum atomic E-state index is -0.00335. The van der Waals surface area contributed by atoms with Crippen molar-refractivity contribution < 1.29 is 9.69 Å². The maximum atomic E-state index is 12.8. The number of carbonyl (C=O) groups is 1. The molecule has 26 heavy (non-hydrogen) atoms. The van der Waals surface area contributed by atoms with Crippen LogP contribution in [0.1, 0.15) is 29.1 Å². The van der Waals surface area contributed by atoms with E-state index in [1.165, 1.54) is 20.7 Å². The average Bonchev–Trinajstić information content (AvgIpc) is 3.11. The van der Waals surface area contributed by atoms with E-state index in [-0.39, 0.29) is 11.9 Å². The Kier molecular flexibility index (Phi) is 4.74. The number of amides is 1. The summed E-state index contributed by atoms with van der Waals surface area (Å²) < 4.78 is 1.17. The molecule has 0 radical (unpaired) electrons. The first-order valence-electron chi connectivity index (χ1n) is 9.13. The van der Waals surface area contributed by atoms with Crippen molar-refractivity contribution in [3.05, 3.63) is 64.7 Å². The van der Waals surface area contributed by atoms with Gasteiger partial charge in [0.05, 0.1) is 22.8 Å². The first-order valence-corrected chi connectivity index (χ1v) is 9.95. The van der Waals surface area contributed by atoms with E-state index < -0.39 is 0 Å². The molecule has 5 heteroatoms. The van der Waals surface area contributed by atoms with E-state index in [0.717, 1.165) is 30.0 Å². The Morgan fingerprint density at radius 2 is 1.92 bits per heavy atom. The van der Waals surface area contributed by atoms with Crippen LogP contribution in [0.4, 0.5) is 0 Å². The van der Waals surface area contributed by atoms with E-state index in [9.17, 15) is 4.79 Å². The van der Waals surface area contributed by atoms with Gasteiger partial charge in [-0.05, 0) is 24.6 Å². The zero-order valence-corrected chi connectivity index (χ0v) is 16.1. The minimum absolute atomic E-state index is 0.00335. The van der Waals surface area contributed by atoms with Gasteiger partial charge in [-0.1, -0.05) is 36.4 Å². The number of quaternary nitrogens is 1. The summed E-state index contributed by atoms with van der Waals surface area (Å²) in [6.07, 6.45) is 1.05. The van der Waals surface area contributed by atoms with Crippen LogP contribution in [-0.4, -0.2) is 35.9 Å². The number of benzene rings is 2. The van der Waals surface area contributed by atoms with E-state index in [2.05, 4.69) is 37.3 Å². The Morgan fingerprint density at radius 3 is 2.73 bits per heavy atom. The number of hydrogen-bond donors (Lipinski definition) is 1. The smallest absolute Gasteiger partial charge is 0.278 e. The third-order valence-electron chi connectivity index (χ3n) is 5.35. The molecule has 0 saturated heterocycles. The molecule has 0 bridgehead atoms. The minimum Gasteiger partial charge on any atom is -0.332 e. The molecular formula is C21H24N3OS+. The predicted molar refractivity (Wildman–Crippen MR) is 105 cm³/mol. The Hall–Kier alpha value is -2.24. The van der Waals surface area contributed by atoms with Crippen LogP contribution in [0.15, 0.2) is 48.5 Å². The fourth-order valence-electron chi connectivity index (χ4n) is 3.58. The number of para-hydroxylation sites is 1. The summed E-state index contributed by atoms with van der Waals surface area (Å²) in [5, 5.41) is 1.00. The normalized spacial score (nSPS) is 17.7. The van der Waals surface area contributed by atoms with Gasteiger partial charge in [-0.3, -0.25) is 4.79 Å². The molecule has 3 aromatic rings. The molecule has 2 atom stereocenters. The summed E-state index contributed by atoms with van der Waals surface area (Å²) in [5.41, 5.74) is 3.82. The fourth-order valence-corrected chi connectivity index (χ4v) is 4.65. The highest BCUT2D eigenvalue weighted by atomic mass is 32.1. The second-order valence-corrected chi connectivity index (χ2v) is 8.13. The summed E-state index contributed by atoms with van der Waals surface area (Å²) in [4.78, 5) is 20.7. The predicted octanol–water partition coefficient (Wildman–Crippen LogP) is 2.46. The Labute approximate surface area is 158 Å². The molecule has 0 fully saturated rings. The molecule has 134 valence electrons. The molecule has 0 saturated carbocycles. The van der Waals surface area contributed by atoms with Crippen molar-refractivity contribution in [2.45, 2.75) is 25.9 Å². The van der Waals surface area contributed by atoms with Crippen LogP contribution < -0.4 is 4.90 Å². The number of carbonyl (C=O) groups excluding carboxylic acids is 1. The van der Waals surface area contributed by atoms with E-state index in [1.807, 2.05) is 30.1 Å². The molecule has 1 aromatic heterocycles. The molecule has 4 nitrogen and oxygen atoms in total. The zero-order chi connectivity index (χ0) is 18.1. The number of thiazole rings is 1. The van der Waals surface area contributed by atoms with Crippen molar-refractivity contribution in [2.24, 2.45) is 0 Å². The Balaban J connectivity index is 1.43. The molecule has 1 amide bonds. The topological polar surface area (TPSA) is 37.6 Å². The molecule has 1 unspecified atom stereocenters. The quantitative estimate of drug-likeness (QED) is 0.770. The number of hydrogen-bond acceptors (Lipinski definition) is 3. The third kappa shape index (κ3) is 3.37. The first kappa shape index (κ1) is 17.2. The summed E-state index contributed by atoms with van der Waals surface area (Å²) in [7, 11) is 1.90. The van der Waals surface area contributed by atoms with Gasteiger partial charge in [0.2, 0.25) is 0 Å². The van der Waals surface area contributed by atoms with Crippen LogP contribution in [0, 0.1) is 0 Å². The standard InChI is InChI=1S/C21H23N3OS/c1-15(21-22-18-9-5-6-10-19(18)26-21)23(2)20(25)14-24-12-11-16-7-3-4-8-17(16)13-24/h3-10,15H,11-14H2,1-2H3/p+1/t15-/m1/s1. The van der Waals surface area contributed by atoms with Gasteiger partial charge in [-0.2, -0.15) is 0 Å². The van der Waals surface area contributed by atoms with Crippen LogP contribution in [-0.2, 0) is 17.8 Å². The number of likely N-dealkylation sites (N-methyl/N-ethyl adjacent to an activating group) is 1. The second-order valence-electron chi connectivity index (χ2n) is 7.07. The second kappa shape index (κ2) is 7.17. The maximum absolute atomic E-state index is 12.8. The van der Waals surface area contributed by atoms with Crippen molar-refractivity contribution >= 4 is 27.5 Å². The van der Waals surface area contributed by atoms with Gasteiger partial charge in [0.1, 0.15) is 11.6 Å². The van der Waals surface area contributed by atoms with Gasteiger partial charge >= 0.3 is 0 Å². The van der Waals surface area contributed by atoms with Gasteiger partial charge in [0, 0.05) is 19.0 Å². The number of fused-ring (bicyclic) bond motifs is 2. The first-order chi connectivity index (χ1) is 12.6. The van der Waals surface area contributed by atoms with Crippen LogP contribution in [0.25, 0.3) is 10.2 Å². The number of aromatic nitrogens is 1. The lowest BCUT2D eigenvalue weighted by Gasteiger charge is -2.29. The molecule has 0 aliphatic carbocycles. The van der Waals surface area contributed by atoms with E-state index in [0.29, 0.717) is 6.54 Å². The highest BCUT2D eigenvalue weighted by Gasteiger charge is 2.26. The zero-order valence-electron chi connectivity index (χ0n) is 15.2. The van der Waals surface area contributed by atoms with Crippen LogP contribution in [0.3, 0.4) is 0 Å². The molecule has 1 N–H and O–H groups in total. The average molecular weight is 367 g/mol. The lowest BCUT2D eigenvalue weighted by molar-refractivity contribution is -0.908. The maximum Gasteiger partial charge on any atom is 0.278 e. The van der Waals surface area contributed by atoms with Gasteiger partial charge in [0.25, 0.3) is 5.91 Å². The van der Waals surface area contributed by atoms with Crippen molar-refractivity contribution in [3.63, 3.8) is 0 Å². The van der Waals surface area contributed by atoms with Crippen molar-refractivity contribution in [2.75, 3.05) is 20.1 Å². The molecular weight excluding hydrogens is 342 g/mol. The Morgan fingerprint density at radius 1 is 1.19 bits per heavy atom. The van der Waals surface area contributed by atoms with Gasteiger partial charge < -0.3 is 9.80 Å². The molecule has 1 aliphatic rings. The molecule has 4 rings (SSSR count). The van der Waals surface area contributed by atoms with Crippen molar-refractivity contribution in [1.29, 1.82) is 0 Å². The number of rotatable bonds is 4. The molecule has 2 aromatic carbocycles. The Bertz CT molecular complexity index is 903. The monoisotopic (exact) mass is 366 g/mol. The number of nitrogens with one attached hydrogen (secondary N) is 1. The van der Waals surface area contributed by atoms with Crippen LogP contribution in [0.5, 0.6) is 0 Å². The SMILES string of the molecule is C[C@H](c1nc2ccccc2s1)N(C)C(=O)C[NH+]1CCc2ccccc2C1. The fraction of sp³-hybridized carbons (Fsp3) is 0.333. The molecule has 1 aliphatic heterocycles. The summed E-state index contributed by atoms with van der Waals surface area (Å²) >= 11 is 1.68. The van der Waals surface area contributed by atoms with E-state index in [1.54, 1.807) is 11.3 Å². The summed E-state index contributed by atoms with van der Waals surface area (Å²) in [6, 6.07) is 16.7. The van der Waals surface area contributed by atoms with E-state index in [4.69, 9.17) is 4.98 Å². The highest BCUT2D eigenvalue weighted by molar-refractivity contribution is 7.18. The summed E-state index contributed by atoms with van der Waals surface area (Å²) in [6.45, 7) is 4.56. The van der Waals surface area contributed by atoms with Crippen molar-refractivity contribution in [1.82, 2.24) is 9.88 Å². The van der Waals surface area contributed by atoms with E-state index >= 15 is 0 Å². The highest BCUT2D eigenvalue weighted by Crippen LogP contribution is 2.28. The lowest BCUT2D eigenvalue weighted by Crippen LogP contribution is -3.12. The third-order valence-corrected chi connectivity index (χ3v) is 6.56. The van der Waals surface area contributed by atoms with Gasteiger partial charge in [0.15, 0.2) is 6.54 Å². The molecule has 2 heterocycles. The van der Waals surface area contributed by atoms with Crippen molar-refractivity contribution in [3.8, 4) is 0 Å². The summed E-state index contributed by atoms with van der Waals surface area (Å²) in [5.74, 6) is 0.186. The van der Waals surface area contributed by atoms with Crippen LogP contribution >= 0.6 is 11.3 Å². The molecule has 0 spiro atoms. The lowest BCUT2D eigenvalue weighted by atomic mass is 10.00.